The van der Waals surface area contributed by atoms with Crippen LogP contribution in [0.4, 0.5) is 0 Å². The fourth-order valence-electron chi connectivity index (χ4n) is 1.12. The van der Waals surface area contributed by atoms with E-state index in [-0.39, 0.29) is 32.7 Å². The Labute approximate surface area is 97.1 Å². The predicted molar refractivity (Wildman–Crippen MR) is 45.3 cm³/mol. The fourth-order valence-corrected chi connectivity index (χ4v) is 1.12. The van der Waals surface area contributed by atoms with Gasteiger partial charge in [-0.3, -0.25) is 4.98 Å². The zero-order valence-electron chi connectivity index (χ0n) is 6.91. The summed E-state index contributed by atoms with van der Waals surface area (Å²) in [6, 6.07) is 11.1. The Morgan fingerprint density at radius 1 is 1.42 bits per heavy atom. The summed E-state index contributed by atoms with van der Waals surface area (Å²) < 4.78 is 0. The standard InChI is InChI=1S/C10H8N.Y/c1-8-6-9-4-2-3-5-10(9)7-11-8;/h2-3,5-7H,1H3;/q-1;. The first-order valence-electron chi connectivity index (χ1n) is 3.59. The van der Waals surface area contributed by atoms with Gasteiger partial charge in [0, 0.05) is 32.7 Å². The summed E-state index contributed by atoms with van der Waals surface area (Å²) in [5.74, 6) is 0. The Balaban J connectivity index is 0.000000720. The zero-order chi connectivity index (χ0) is 7.68. The van der Waals surface area contributed by atoms with Gasteiger partial charge in [-0.05, 0) is 18.8 Å². The zero-order valence-corrected chi connectivity index (χ0v) is 9.75. The van der Waals surface area contributed by atoms with Gasteiger partial charge in [-0.2, -0.15) is 0 Å². The molecule has 2 heteroatoms. The van der Waals surface area contributed by atoms with Gasteiger partial charge < -0.3 is 0 Å². The number of aromatic nitrogens is 1. The summed E-state index contributed by atoms with van der Waals surface area (Å²) in [5.41, 5.74) is 1.04. The molecular formula is C10H8NY-. The fraction of sp³-hybridized carbons (Fsp3) is 0.100. The number of nitrogens with zero attached hydrogens (tertiary/aromatic N) is 1. The second-order valence-electron chi connectivity index (χ2n) is 2.58. The van der Waals surface area contributed by atoms with Gasteiger partial charge >= 0.3 is 0 Å². The van der Waals surface area contributed by atoms with Crippen LogP contribution >= 0.6 is 0 Å². The molecule has 0 saturated heterocycles. The van der Waals surface area contributed by atoms with E-state index in [0.717, 1.165) is 16.5 Å². The molecule has 1 nitrogen and oxygen atoms in total. The van der Waals surface area contributed by atoms with Crippen molar-refractivity contribution in [3.8, 4) is 0 Å². The van der Waals surface area contributed by atoms with Crippen molar-refractivity contribution in [3.63, 3.8) is 0 Å². The van der Waals surface area contributed by atoms with Gasteiger partial charge in [-0.15, -0.1) is 35.7 Å². The van der Waals surface area contributed by atoms with Gasteiger partial charge in [0.05, 0.1) is 0 Å². The first-order chi connectivity index (χ1) is 5.36. The van der Waals surface area contributed by atoms with E-state index in [1.807, 2.05) is 37.4 Å². The average Bonchev–Trinajstić information content (AvgIpc) is 2.04. The van der Waals surface area contributed by atoms with Crippen LogP contribution in [-0.2, 0) is 32.7 Å². The number of hydrogen-bond acceptors (Lipinski definition) is 1. The van der Waals surface area contributed by atoms with Crippen molar-refractivity contribution in [2.75, 3.05) is 0 Å². The quantitative estimate of drug-likeness (QED) is 0.634. The van der Waals surface area contributed by atoms with Crippen LogP contribution in [0.1, 0.15) is 5.69 Å². The first kappa shape index (κ1) is 9.82. The maximum atomic E-state index is 4.19. The molecule has 1 aromatic heterocycles. The molecule has 57 valence electrons. The normalized spacial score (nSPS) is 9.42. The molecule has 0 saturated carbocycles. The van der Waals surface area contributed by atoms with Crippen LogP contribution in [0, 0.1) is 13.0 Å². The van der Waals surface area contributed by atoms with Crippen LogP contribution in [0.5, 0.6) is 0 Å². The second kappa shape index (κ2) is 4.11. The molecular weight excluding hydrogens is 223 g/mol. The van der Waals surface area contributed by atoms with Gasteiger partial charge in [0.15, 0.2) is 0 Å². The van der Waals surface area contributed by atoms with Crippen LogP contribution in [0.3, 0.4) is 0 Å². The molecule has 12 heavy (non-hydrogen) atoms. The summed E-state index contributed by atoms with van der Waals surface area (Å²) in [7, 11) is 0. The van der Waals surface area contributed by atoms with E-state index in [2.05, 4.69) is 11.1 Å². The van der Waals surface area contributed by atoms with E-state index in [0.29, 0.717) is 0 Å². The number of rotatable bonds is 0. The topological polar surface area (TPSA) is 12.9 Å². The SMILES string of the molecule is Cc1cc2[c-]cccc2cn1.[Y]. The van der Waals surface area contributed by atoms with Crippen LogP contribution in [0.2, 0.25) is 0 Å². The van der Waals surface area contributed by atoms with Crippen molar-refractivity contribution in [2.24, 2.45) is 0 Å². The van der Waals surface area contributed by atoms with E-state index in [9.17, 15) is 0 Å². The van der Waals surface area contributed by atoms with Gasteiger partial charge in [-0.1, -0.05) is 5.39 Å². The molecule has 0 aliphatic heterocycles. The van der Waals surface area contributed by atoms with E-state index in [4.69, 9.17) is 0 Å². The largest absolute Gasteiger partial charge is 0.281 e. The number of fused-ring (bicyclic) bond motifs is 1. The maximum absolute atomic E-state index is 4.19. The minimum absolute atomic E-state index is 0. The molecule has 0 fully saturated rings. The Hall–Kier alpha value is -0.266. The molecule has 2 rings (SSSR count). The summed E-state index contributed by atoms with van der Waals surface area (Å²) >= 11 is 0. The molecule has 0 aliphatic rings. The van der Waals surface area contributed by atoms with Gasteiger partial charge in [0.1, 0.15) is 0 Å². The Morgan fingerprint density at radius 3 is 3.08 bits per heavy atom. The van der Waals surface area contributed by atoms with E-state index < -0.39 is 0 Å². The van der Waals surface area contributed by atoms with Gasteiger partial charge in [0.2, 0.25) is 0 Å². The van der Waals surface area contributed by atoms with Crippen molar-refractivity contribution in [1.29, 1.82) is 0 Å². The monoisotopic (exact) mass is 231 g/mol. The minimum atomic E-state index is 0. The van der Waals surface area contributed by atoms with Crippen LogP contribution in [0.15, 0.2) is 30.5 Å². The summed E-state index contributed by atoms with van der Waals surface area (Å²) in [5, 5.41) is 2.29. The molecule has 0 N–H and O–H groups in total. The summed E-state index contributed by atoms with van der Waals surface area (Å²) in [6.45, 7) is 1.99. The molecule has 1 radical (unpaired) electrons. The third kappa shape index (κ3) is 1.91. The van der Waals surface area contributed by atoms with Crippen LogP contribution in [0.25, 0.3) is 10.8 Å². The average molecular weight is 231 g/mol. The molecule has 0 aliphatic carbocycles. The Bertz CT molecular complexity index is 384. The molecule has 1 heterocycles. The minimum Gasteiger partial charge on any atom is -0.281 e. The molecule has 0 unspecified atom stereocenters. The molecule has 0 atom stereocenters. The van der Waals surface area contributed by atoms with Crippen LogP contribution < -0.4 is 0 Å². The number of aryl methyl sites for hydroxylation is 1. The Kier molecular flexibility index (Phi) is 3.36. The van der Waals surface area contributed by atoms with E-state index in [1.54, 1.807) is 0 Å². The first-order valence-corrected chi connectivity index (χ1v) is 3.59. The molecule has 0 bridgehead atoms. The molecule has 1 aromatic carbocycles. The molecule has 2 aromatic rings. The maximum Gasteiger partial charge on any atom is 0 e. The molecule has 0 amide bonds. The van der Waals surface area contributed by atoms with Crippen molar-refractivity contribution < 1.29 is 32.7 Å². The number of hydrogen-bond donors (Lipinski definition) is 0. The van der Waals surface area contributed by atoms with E-state index >= 15 is 0 Å². The van der Waals surface area contributed by atoms with Gasteiger partial charge in [-0.25, -0.2) is 0 Å². The van der Waals surface area contributed by atoms with E-state index in [1.165, 1.54) is 0 Å². The third-order valence-corrected chi connectivity index (χ3v) is 1.68. The van der Waals surface area contributed by atoms with Crippen molar-refractivity contribution >= 4 is 10.8 Å². The van der Waals surface area contributed by atoms with Crippen LogP contribution in [-0.4, -0.2) is 4.98 Å². The number of benzene rings is 1. The van der Waals surface area contributed by atoms with Gasteiger partial charge in [0.25, 0.3) is 0 Å². The number of pyridine rings is 1. The van der Waals surface area contributed by atoms with Crippen molar-refractivity contribution in [2.45, 2.75) is 6.92 Å². The smallest absolute Gasteiger partial charge is 0 e. The second-order valence-corrected chi connectivity index (χ2v) is 2.58. The Morgan fingerprint density at radius 2 is 2.25 bits per heavy atom. The third-order valence-electron chi connectivity index (χ3n) is 1.68. The summed E-state index contributed by atoms with van der Waals surface area (Å²) in [6.07, 6.45) is 1.88. The molecule has 0 spiro atoms. The van der Waals surface area contributed by atoms with Crippen molar-refractivity contribution in [3.05, 3.63) is 42.2 Å². The van der Waals surface area contributed by atoms with Crippen molar-refractivity contribution in [1.82, 2.24) is 4.98 Å². The predicted octanol–water partition coefficient (Wildman–Crippen LogP) is 2.34. The summed E-state index contributed by atoms with van der Waals surface area (Å²) in [4.78, 5) is 4.19.